The van der Waals surface area contributed by atoms with Crippen molar-refractivity contribution in [3.63, 3.8) is 0 Å². The van der Waals surface area contributed by atoms with E-state index in [1.54, 1.807) is 6.26 Å². The van der Waals surface area contributed by atoms with Gasteiger partial charge in [0.2, 0.25) is 11.1 Å². The lowest BCUT2D eigenvalue weighted by molar-refractivity contribution is -0.755. The Hall–Kier alpha value is -1.38. The minimum atomic E-state index is 0.0496. The monoisotopic (exact) mass is 177 g/mol. The Morgan fingerprint density at radius 1 is 1.38 bits per heavy atom. The molecule has 0 N–H and O–H groups in total. The fourth-order valence-electron chi connectivity index (χ4n) is 1.17. The molecule has 0 spiro atoms. The minimum Gasteiger partial charge on any atom is -0.456 e. The summed E-state index contributed by atoms with van der Waals surface area (Å²) in [5.74, 6) is 0. The van der Waals surface area contributed by atoms with E-state index in [4.69, 9.17) is 4.42 Å². The molecule has 0 amide bonds. The number of nitrogens with zero attached hydrogens (tertiary/aromatic N) is 2. The standard InChI is InChI=1S/C10H13N2O/c1-10(2,3)12-6-9-8(11-7-12)4-5-13-9/h4-7H,1-3H3/q+1. The molecule has 0 aliphatic heterocycles. The van der Waals surface area contributed by atoms with Gasteiger partial charge in [0.25, 0.3) is 6.33 Å². The highest BCUT2D eigenvalue weighted by Gasteiger charge is 2.19. The molecular weight excluding hydrogens is 164 g/mol. The van der Waals surface area contributed by atoms with Crippen molar-refractivity contribution in [2.45, 2.75) is 26.3 Å². The third-order valence-corrected chi connectivity index (χ3v) is 2.03. The Morgan fingerprint density at radius 3 is 2.85 bits per heavy atom. The van der Waals surface area contributed by atoms with Crippen LogP contribution in [0.3, 0.4) is 0 Å². The van der Waals surface area contributed by atoms with Gasteiger partial charge in [-0.05, 0) is 25.8 Å². The van der Waals surface area contributed by atoms with Crippen molar-refractivity contribution in [2.24, 2.45) is 0 Å². The largest absolute Gasteiger partial charge is 0.456 e. The second kappa shape index (κ2) is 2.55. The molecule has 3 nitrogen and oxygen atoms in total. The molecule has 0 unspecified atom stereocenters. The zero-order chi connectivity index (χ0) is 9.47. The van der Waals surface area contributed by atoms with Crippen LogP contribution in [0.5, 0.6) is 0 Å². The number of furan rings is 1. The van der Waals surface area contributed by atoms with Gasteiger partial charge < -0.3 is 4.42 Å². The average Bonchev–Trinajstić information content (AvgIpc) is 2.47. The summed E-state index contributed by atoms with van der Waals surface area (Å²) < 4.78 is 7.31. The van der Waals surface area contributed by atoms with Crippen LogP contribution in [0.15, 0.2) is 29.3 Å². The highest BCUT2D eigenvalue weighted by molar-refractivity contribution is 5.69. The number of fused-ring (bicyclic) bond motifs is 1. The lowest BCUT2D eigenvalue weighted by atomic mass is 10.1. The molecule has 0 saturated heterocycles. The van der Waals surface area contributed by atoms with Crippen LogP contribution in [0.2, 0.25) is 0 Å². The lowest BCUT2D eigenvalue weighted by Gasteiger charge is -2.14. The predicted molar refractivity (Wildman–Crippen MR) is 49.2 cm³/mol. The molecule has 13 heavy (non-hydrogen) atoms. The number of hydrogen-bond donors (Lipinski definition) is 0. The first-order valence-corrected chi connectivity index (χ1v) is 4.32. The van der Waals surface area contributed by atoms with Gasteiger partial charge in [0, 0.05) is 6.07 Å². The Kier molecular flexibility index (Phi) is 1.62. The zero-order valence-electron chi connectivity index (χ0n) is 8.11. The van der Waals surface area contributed by atoms with Gasteiger partial charge in [0.15, 0.2) is 0 Å². The lowest BCUT2D eigenvalue weighted by Crippen LogP contribution is -2.49. The first kappa shape index (κ1) is 8.23. The molecule has 0 saturated carbocycles. The second-order valence-corrected chi connectivity index (χ2v) is 4.12. The van der Waals surface area contributed by atoms with Gasteiger partial charge in [0.1, 0.15) is 11.7 Å². The van der Waals surface area contributed by atoms with Gasteiger partial charge in [-0.25, -0.2) is 4.57 Å². The van der Waals surface area contributed by atoms with Crippen molar-refractivity contribution >= 4 is 11.1 Å². The van der Waals surface area contributed by atoms with Gasteiger partial charge >= 0.3 is 0 Å². The smallest absolute Gasteiger partial charge is 0.287 e. The molecule has 0 aromatic carbocycles. The molecule has 2 aromatic rings. The van der Waals surface area contributed by atoms with Crippen molar-refractivity contribution in [3.8, 4) is 0 Å². The molecule has 0 aliphatic rings. The van der Waals surface area contributed by atoms with Gasteiger partial charge in [-0.3, -0.25) is 0 Å². The van der Waals surface area contributed by atoms with Crippen LogP contribution >= 0.6 is 0 Å². The van der Waals surface area contributed by atoms with Crippen LogP contribution in [0.4, 0.5) is 0 Å². The third kappa shape index (κ3) is 1.41. The molecule has 2 heterocycles. The van der Waals surface area contributed by atoms with E-state index in [0.717, 1.165) is 11.1 Å². The Bertz CT molecular complexity index is 426. The summed E-state index contributed by atoms with van der Waals surface area (Å²) in [4.78, 5) is 4.28. The van der Waals surface area contributed by atoms with Gasteiger partial charge in [-0.2, -0.15) is 0 Å². The Labute approximate surface area is 77.0 Å². The van der Waals surface area contributed by atoms with Crippen molar-refractivity contribution in [1.82, 2.24) is 4.98 Å². The SMILES string of the molecule is CC(C)(C)[n+]1cnc2ccoc2c1. The average molecular weight is 177 g/mol. The molecule has 3 heteroatoms. The van der Waals surface area contributed by atoms with Crippen molar-refractivity contribution in [3.05, 3.63) is 24.9 Å². The molecule has 0 fully saturated rings. The summed E-state index contributed by atoms with van der Waals surface area (Å²) in [6.45, 7) is 6.39. The van der Waals surface area contributed by atoms with Crippen LogP contribution in [-0.4, -0.2) is 4.98 Å². The van der Waals surface area contributed by atoms with Crippen molar-refractivity contribution < 1.29 is 8.98 Å². The summed E-state index contributed by atoms with van der Waals surface area (Å²) in [5.41, 5.74) is 1.78. The van der Waals surface area contributed by atoms with Crippen LogP contribution in [0.1, 0.15) is 20.8 Å². The van der Waals surface area contributed by atoms with E-state index in [2.05, 4.69) is 25.8 Å². The zero-order valence-corrected chi connectivity index (χ0v) is 8.11. The van der Waals surface area contributed by atoms with Gasteiger partial charge in [0.05, 0.1) is 6.26 Å². The fraction of sp³-hybridized carbons (Fsp3) is 0.400. The third-order valence-electron chi connectivity index (χ3n) is 2.03. The summed E-state index contributed by atoms with van der Waals surface area (Å²) in [7, 11) is 0. The summed E-state index contributed by atoms with van der Waals surface area (Å²) in [6, 6.07) is 1.86. The Morgan fingerprint density at radius 2 is 2.15 bits per heavy atom. The maximum atomic E-state index is 5.27. The molecule has 0 aliphatic carbocycles. The summed E-state index contributed by atoms with van der Waals surface area (Å²) in [5, 5.41) is 0. The first-order chi connectivity index (χ1) is 6.07. The van der Waals surface area contributed by atoms with E-state index >= 15 is 0 Å². The summed E-state index contributed by atoms with van der Waals surface area (Å²) in [6.07, 6.45) is 5.46. The maximum absolute atomic E-state index is 5.27. The molecule has 0 atom stereocenters. The normalized spacial score (nSPS) is 12.2. The van der Waals surface area contributed by atoms with E-state index in [1.165, 1.54) is 0 Å². The molecular formula is C10H13N2O+. The van der Waals surface area contributed by atoms with E-state index in [9.17, 15) is 0 Å². The minimum absolute atomic E-state index is 0.0496. The highest BCUT2D eigenvalue weighted by atomic mass is 16.3. The predicted octanol–water partition coefficient (Wildman–Crippen LogP) is 1.87. The van der Waals surface area contributed by atoms with Crippen LogP contribution in [-0.2, 0) is 5.54 Å². The Balaban J connectivity index is 2.61. The van der Waals surface area contributed by atoms with Gasteiger partial charge in [-0.1, -0.05) is 0 Å². The maximum Gasteiger partial charge on any atom is 0.287 e. The topological polar surface area (TPSA) is 29.9 Å². The number of aromatic nitrogens is 2. The molecule has 2 rings (SSSR count). The fourth-order valence-corrected chi connectivity index (χ4v) is 1.17. The highest BCUT2D eigenvalue weighted by Crippen LogP contribution is 2.11. The van der Waals surface area contributed by atoms with E-state index < -0.39 is 0 Å². The molecule has 0 radical (unpaired) electrons. The number of hydrogen-bond acceptors (Lipinski definition) is 2. The summed E-state index contributed by atoms with van der Waals surface area (Å²) >= 11 is 0. The molecule has 2 aromatic heterocycles. The second-order valence-electron chi connectivity index (χ2n) is 4.12. The molecule has 0 bridgehead atoms. The van der Waals surface area contributed by atoms with Crippen molar-refractivity contribution in [2.75, 3.05) is 0 Å². The number of rotatable bonds is 0. The quantitative estimate of drug-likeness (QED) is 0.575. The van der Waals surface area contributed by atoms with Gasteiger partial charge in [-0.15, -0.1) is 0 Å². The molecule has 68 valence electrons. The van der Waals surface area contributed by atoms with Crippen LogP contribution < -0.4 is 4.57 Å². The van der Waals surface area contributed by atoms with Crippen molar-refractivity contribution in [1.29, 1.82) is 0 Å². The van der Waals surface area contributed by atoms with E-state index in [1.807, 2.05) is 23.2 Å². The van der Waals surface area contributed by atoms with Crippen LogP contribution in [0, 0.1) is 0 Å². The van der Waals surface area contributed by atoms with E-state index in [-0.39, 0.29) is 5.54 Å². The first-order valence-electron chi connectivity index (χ1n) is 4.32. The van der Waals surface area contributed by atoms with E-state index in [0.29, 0.717) is 0 Å². The van der Waals surface area contributed by atoms with Crippen LogP contribution in [0.25, 0.3) is 11.1 Å².